The molecule has 1 heterocycles. The molecule has 1 atom stereocenters. The second-order valence-corrected chi connectivity index (χ2v) is 5.13. The van der Waals surface area contributed by atoms with Crippen LogP contribution < -0.4 is 10.5 Å². The molecule has 2 rings (SSSR count). The minimum Gasteiger partial charge on any atom is -0.490 e. The summed E-state index contributed by atoms with van der Waals surface area (Å²) in [6, 6.07) is 3.74. The summed E-state index contributed by atoms with van der Waals surface area (Å²) in [5.41, 5.74) is 6.34. The Hall–Kier alpha value is -1.16. The maximum atomic E-state index is 12.5. The molecule has 1 saturated carbocycles. The van der Waals surface area contributed by atoms with Gasteiger partial charge in [-0.1, -0.05) is 0 Å². The molecular weight excluding hydrogens is 231 g/mol. The number of rotatable bonds is 4. The Morgan fingerprint density at radius 1 is 1.44 bits per heavy atom. The average Bonchev–Trinajstić information content (AvgIpc) is 2.39. The van der Waals surface area contributed by atoms with E-state index in [0.29, 0.717) is 11.6 Å². The van der Waals surface area contributed by atoms with Gasteiger partial charge in [0.2, 0.25) is 0 Å². The highest BCUT2D eigenvalue weighted by molar-refractivity contribution is 5.22. The fourth-order valence-electron chi connectivity index (χ4n) is 2.53. The lowest BCUT2D eigenvalue weighted by molar-refractivity contribution is 0.124. The van der Waals surface area contributed by atoms with Gasteiger partial charge in [0.25, 0.3) is 0 Å². The molecule has 0 spiro atoms. The van der Waals surface area contributed by atoms with Gasteiger partial charge in [-0.3, -0.25) is 4.98 Å². The van der Waals surface area contributed by atoms with E-state index in [0.717, 1.165) is 31.4 Å². The molecular formula is C14H21FN2O. The fourth-order valence-corrected chi connectivity index (χ4v) is 2.53. The van der Waals surface area contributed by atoms with E-state index in [1.807, 2.05) is 0 Å². The molecule has 1 unspecified atom stereocenters. The van der Waals surface area contributed by atoms with Gasteiger partial charge in [0.05, 0.1) is 11.8 Å². The highest BCUT2D eigenvalue weighted by atomic mass is 19.1. The van der Waals surface area contributed by atoms with Gasteiger partial charge in [-0.15, -0.1) is 0 Å². The summed E-state index contributed by atoms with van der Waals surface area (Å²) < 4.78 is 18.4. The first-order valence-electron chi connectivity index (χ1n) is 6.62. The quantitative estimate of drug-likeness (QED) is 0.896. The Morgan fingerprint density at radius 3 is 2.78 bits per heavy atom. The Kier molecular flexibility index (Phi) is 4.53. The summed E-state index contributed by atoms with van der Waals surface area (Å²) in [5.74, 6) is 1.34. The molecule has 1 aromatic rings. The first-order valence-corrected chi connectivity index (χ1v) is 6.62. The van der Waals surface area contributed by atoms with Crippen LogP contribution >= 0.6 is 0 Å². The van der Waals surface area contributed by atoms with Crippen molar-refractivity contribution in [3.8, 4) is 5.75 Å². The summed E-state index contributed by atoms with van der Waals surface area (Å²) in [5, 5.41) is 0. The summed E-state index contributed by atoms with van der Waals surface area (Å²) in [6.07, 6.45) is 6.11. The monoisotopic (exact) mass is 252 g/mol. The number of aromatic nitrogens is 1. The SMILES string of the molecule is CC(N)[C@H]1CC[C@H](Oc2ccnc(CF)c2)CC1. The molecule has 1 aromatic heterocycles. The van der Waals surface area contributed by atoms with E-state index in [-0.39, 0.29) is 12.1 Å². The van der Waals surface area contributed by atoms with E-state index in [4.69, 9.17) is 10.5 Å². The van der Waals surface area contributed by atoms with E-state index in [9.17, 15) is 4.39 Å². The molecule has 0 bridgehead atoms. The normalized spacial score (nSPS) is 25.7. The summed E-state index contributed by atoms with van der Waals surface area (Å²) in [7, 11) is 0. The molecule has 1 fully saturated rings. The number of nitrogens with zero attached hydrogens (tertiary/aromatic N) is 1. The number of halogens is 1. The number of ether oxygens (including phenoxy) is 1. The minimum absolute atomic E-state index is 0.231. The zero-order valence-corrected chi connectivity index (χ0v) is 10.8. The van der Waals surface area contributed by atoms with Crippen molar-refractivity contribution in [3.05, 3.63) is 24.0 Å². The van der Waals surface area contributed by atoms with Crippen LogP contribution in [-0.4, -0.2) is 17.1 Å². The number of nitrogens with two attached hydrogens (primary N) is 1. The number of pyridine rings is 1. The first-order chi connectivity index (χ1) is 8.69. The van der Waals surface area contributed by atoms with Gasteiger partial charge in [0, 0.05) is 18.3 Å². The molecule has 100 valence electrons. The minimum atomic E-state index is -0.547. The van der Waals surface area contributed by atoms with Gasteiger partial charge in [-0.05, 0) is 44.6 Å². The first kappa shape index (κ1) is 13.3. The van der Waals surface area contributed by atoms with Gasteiger partial charge in [0.15, 0.2) is 0 Å². The van der Waals surface area contributed by atoms with E-state index in [2.05, 4.69) is 11.9 Å². The van der Waals surface area contributed by atoms with Crippen molar-refractivity contribution in [1.29, 1.82) is 0 Å². The van der Waals surface area contributed by atoms with Crippen molar-refractivity contribution >= 4 is 0 Å². The molecule has 3 nitrogen and oxygen atoms in total. The third kappa shape index (κ3) is 3.42. The fraction of sp³-hybridized carbons (Fsp3) is 0.643. The molecule has 0 aliphatic heterocycles. The van der Waals surface area contributed by atoms with E-state index >= 15 is 0 Å². The van der Waals surface area contributed by atoms with Crippen LogP contribution in [0, 0.1) is 5.92 Å². The summed E-state index contributed by atoms with van der Waals surface area (Å²) in [6.45, 7) is 1.52. The van der Waals surface area contributed by atoms with Crippen molar-refractivity contribution in [3.63, 3.8) is 0 Å². The zero-order valence-electron chi connectivity index (χ0n) is 10.8. The Morgan fingerprint density at radius 2 is 2.17 bits per heavy atom. The molecule has 18 heavy (non-hydrogen) atoms. The smallest absolute Gasteiger partial charge is 0.132 e. The van der Waals surface area contributed by atoms with Crippen LogP contribution in [0.3, 0.4) is 0 Å². The van der Waals surface area contributed by atoms with Crippen molar-refractivity contribution in [2.24, 2.45) is 11.7 Å². The predicted molar refractivity (Wildman–Crippen MR) is 69.1 cm³/mol. The zero-order chi connectivity index (χ0) is 13.0. The Labute approximate surface area is 108 Å². The largest absolute Gasteiger partial charge is 0.490 e. The maximum absolute atomic E-state index is 12.5. The highest BCUT2D eigenvalue weighted by Crippen LogP contribution is 2.29. The third-order valence-corrected chi connectivity index (χ3v) is 3.69. The molecule has 0 aromatic carbocycles. The highest BCUT2D eigenvalue weighted by Gasteiger charge is 2.24. The topological polar surface area (TPSA) is 48.1 Å². The molecule has 2 N–H and O–H groups in total. The van der Waals surface area contributed by atoms with Gasteiger partial charge < -0.3 is 10.5 Å². The van der Waals surface area contributed by atoms with Crippen LogP contribution in [0.5, 0.6) is 5.75 Å². The second-order valence-electron chi connectivity index (χ2n) is 5.13. The second kappa shape index (κ2) is 6.14. The van der Waals surface area contributed by atoms with Crippen LogP contribution in [-0.2, 0) is 6.67 Å². The Balaban J connectivity index is 1.87. The molecule has 1 aliphatic carbocycles. The van der Waals surface area contributed by atoms with Crippen molar-refractivity contribution in [2.75, 3.05) is 0 Å². The maximum Gasteiger partial charge on any atom is 0.132 e. The molecule has 1 aliphatic rings. The van der Waals surface area contributed by atoms with Gasteiger partial charge in [-0.25, -0.2) is 4.39 Å². The lowest BCUT2D eigenvalue weighted by atomic mass is 9.83. The lowest BCUT2D eigenvalue weighted by Gasteiger charge is -2.31. The van der Waals surface area contributed by atoms with Crippen molar-refractivity contribution in [2.45, 2.75) is 51.4 Å². The number of alkyl halides is 1. The standard InChI is InChI=1S/C14H21FN2O/c1-10(16)11-2-4-13(5-3-11)18-14-6-7-17-12(8-14)9-15/h6-8,10-11,13H,2-5,9,16H2,1H3/t10?,11-,13-. The van der Waals surface area contributed by atoms with E-state index in [1.165, 1.54) is 0 Å². The average molecular weight is 252 g/mol. The van der Waals surface area contributed by atoms with Gasteiger partial charge >= 0.3 is 0 Å². The number of hydrogen-bond acceptors (Lipinski definition) is 3. The Bertz CT molecular complexity index is 376. The van der Waals surface area contributed by atoms with Crippen molar-refractivity contribution in [1.82, 2.24) is 4.98 Å². The van der Waals surface area contributed by atoms with Gasteiger partial charge in [-0.2, -0.15) is 0 Å². The lowest BCUT2D eigenvalue weighted by Crippen LogP contribution is -2.33. The third-order valence-electron chi connectivity index (χ3n) is 3.69. The molecule has 0 radical (unpaired) electrons. The number of hydrogen-bond donors (Lipinski definition) is 1. The van der Waals surface area contributed by atoms with E-state index in [1.54, 1.807) is 18.3 Å². The van der Waals surface area contributed by atoms with Crippen LogP contribution in [0.4, 0.5) is 4.39 Å². The van der Waals surface area contributed by atoms with Crippen LogP contribution in [0.2, 0.25) is 0 Å². The summed E-state index contributed by atoms with van der Waals surface area (Å²) >= 11 is 0. The molecule has 0 saturated heterocycles. The van der Waals surface area contributed by atoms with Crippen LogP contribution in [0.15, 0.2) is 18.3 Å². The van der Waals surface area contributed by atoms with Crippen LogP contribution in [0.25, 0.3) is 0 Å². The van der Waals surface area contributed by atoms with Crippen LogP contribution in [0.1, 0.15) is 38.3 Å². The van der Waals surface area contributed by atoms with Crippen molar-refractivity contribution < 1.29 is 9.13 Å². The summed E-state index contributed by atoms with van der Waals surface area (Å²) in [4.78, 5) is 3.91. The molecule has 0 amide bonds. The predicted octanol–water partition coefficient (Wildman–Crippen LogP) is 2.84. The van der Waals surface area contributed by atoms with E-state index < -0.39 is 6.67 Å². The van der Waals surface area contributed by atoms with Gasteiger partial charge in [0.1, 0.15) is 12.4 Å². The molecule has 4 heteroatoms.